The van der Waals surface area contributed by atoms with Crippen molar-refractivity contribution >= 4 is 5.91 Å². The molecule has 1 heterocycles. The molecule has 0 saturated carbocycles. The number of hydrogen-bond acceptors (Lipinski definition) is 2. The average Bonchev–Trinajstić information content (AvgIpc) is 2.56. The van der Waals surface area contributed by atoms with Gasteiger partial charge in [-0.15, -0.1) is 0 Å². The van der Waals surface area contributed by atoms with E-state index in [1.165, 1.54) is 0 Å². The lowest BCUT2D eigenvalue weighted by molar-refractivity contribution is 0.0937. The fraction of sp³-hybridized carbons (Fsp3) is 0.375. The van der Waals surface area contributed by atoms with Gasteiger partial charge in [-0.2, -0.15) is 0 Å². The van der Waals surface area contributed by atoms with Crippen LogP contribution in [0.2, 0.25) is 0 Å². The molecule has 0 aliphatic heterocycles. The van der Waals surface area contributed by atoms with Crippen molar-refractivity contribution in [2.24, 2.45) is 5.73 Å². The molecule has 0 fully saturated rings. The van der Waals surface area contributed by atoms with Crippen molar-refractivity contribution in [3.8, 4) is 0 Å². The first-order valence-corrected chi connectivity index (χ1v) is 3.88. The van der Waals surface area contributed by atoms with E-state index in [9.17, 15) is 4.79 Å². The predicted octanol–water partition coefficient (Wildman–Crippen LogP) is 0.0917. The van der Waals surface area contributed by atoms with Crippen LogP contribution in [0.25, 0.3) is 0 Å². The number of rotatable bonds is 3. The van der Waals surface area contributed by atoms with Crippen LogP contribution in [0.5, 0.6) is 0 Å². The van der Waals surface area contributed by atoms with Crippen LogP contribution in [0, 0.1) is 0 Å². The number of hydrogen-bond donors (Lipinski definition) is 3. The van der Waals surface area contributed by atoms with E-state index in [1.807, 2.05) is 6.92 Å². The van der Waals surface area contributed by atoms with Crippen molar-refractivity contribution in [3.63, 3.8) is 0 Å². The molecule has 12 heavy (non-hydrogen) atoms. The van der Waals surface area contributed by atoms with Crippen molar-refractivity contribution in [1.82, 2.24) is 10.3 Å². The quantitative estimate of drug-likeness (QED) is 0.597. The SMILES string of the molecule is CC(CN)NC(=O)c1ccc[nH]1. The number of H-pyrrole nitrogens is 1. The highest BCUT2D eigenvalue weighted by Gasteiger charge is 2.07. The van der Waals surface area contributed by atoms with Gasteiger partial charge in [0.1, 0.15) is 5.69 Å². The summed E-state index contributed by atoms with van der Waals surface area (Å²) in [4.78, 5) is 14.1. The largest absolute Gasteiger partial charge is 0.357 e. The van der Waals surface area contributed by atoms with Crippen LogP contribution < -0.4 is 11.1 Å². The monoisotopic (exact) mass is 167 g/mol. The fourth-order valence-corrected chi connectivity index (χ4v) is 0.832. The second-order valence-electron chi connectivity index (χ2n) is 2.69. The van der Waals surface area contributed by atoms with Crippen molar-refractivity contribution in [2.45, 2.75) is 13.0 Å². The lowest BCUT2D eigenvalue weighted by Crippen LogP contribution is -2.37. The Morgan fingerprint density at radius 3 is 3.08 bits per heavy atom. The molecule has 0 aromatic carbocycles. The Hall–Kier alpha value is -1.29. The summed E-state index contributed by atoms with van der Waals surface area (Å²) in [6.45, 7) is 2.31. The van der Waals surface area contributed by atoms with Gasteiger partial charge in [0.15, 0.2) is 0 Å². The van der Waals surface area contributed by atoms with Crippen LogP contribution in [0.15, 0.2) is 18.3 Å². The summed E-state index contributed by atoms with van der Waals surface area (Å²) in [6.07, 6.45) is 1.71. The molecule has 0 bridgehead atoms. The van der Waals surface area contributed by atoms with Crippen molar-refractivity contribution in [1.29, 1.82) is 0 Å². The van der Waals surface area contributed by atoms with Gasteiger partial charge < -0.3 is 16.0 Å². The third kappa shape index (κ3) is 2.10. The molecular formula is C8H13N3O. The van der Waals surface area contributed by atoms with Gasteiger partial charge in [0.05, 0.1) is 0 Å². The molecule has 0 aliphatic carbocycles. The summed E-state index contributed by atoms with van der Waals surface area (Å²) >= 11 is 0. The highest BCUT2D eigenvalue weighted by atomic mass is 16.1. The molecule has 0 saturated heterocycles. The number of nitrogens with one attached hydrogen (secondary N) is 2. The molecule has 1 aromatic rings. The topological polar surface area (TPSA) is 70.9 Å². The highest BCUT2D eigenvalue weighted by molar-refractivity contribution is 5.92. The lowest BCUT2D eigenvalue weighted by Gasteiger charge is -2.09. The summed E-state index contributed by atoms with van der Waals surface area (Å²) in [7, 11) is 0. The van der Waals surface area contributed by atoms with Gasteiger partial charge in [0.2, 0.25) is 0 Å². The summed E-state index contributed by atoms with van der Waals surface area (Å²) < 4.78 is 0. The first-order chi connectivity index (χ1) is 5.74. The average molecular weight is 167 g/mol. The molecule has 0 spiro atoms. The molecule has 1 rings (SSSR count). The summed E-state index contributed by atoms with van der Waals surface area (Å²) in [5.74, 6) is -0.113. The van der Waals surface area contributed by atoms with Crippen molar-refractivity contribution in [2.75, 3.05) is 6.54 Å². The fourth-order valence-electron chi connectivity index (χ4n) is 0.832. The van der Waals surface area contributed by atoms with E-state index in [1.54, 1.807) is 18.3 Å². The van der Waals surface area contributed by atoms with E-state index >= 15 is 0 Å². The molecule has 4 heteroatoms. The normalized spacial score (nSPS) is 12.5. The number of nitrogens with two attached hydrogens (primary N) is 1. The van der Waals surface area contributed by atoms with Crippen molar-refractivity contribution in [3.05, 3.63) is 24.0 Å². The Morgan fingerprint density at radius 2 is 2.58 bits per heavy atom. The maximum Gasteiger partial charge on any atom is 0.267 e. The molecule has 0 radical (unpaired) electrons. The van der Waals surface area contributed by atoms with E-state index in [0.717, 1.165) is 0 Å². The van der Waals surface area contributed by atoms with Crippen LogP contribution in [-0.4, -0.2) is 23.5 Å². The summed E-state index contributed by atoms with van der Waals surface area (Å²) in [6, 6.07) is 3.52. The number of aromatic nitrogens is 1. The molecule has 4 nitrogen and oxygen atoms in total. The van der Waals surface area contributed by atoms with E-state index < -0.39 is 0 Å². The number of aromatic amines is 1. The third-order valence-corrected chi connectivity index (χ3v) is 1.57. The summed E-state index contributed by atoms with van der Waals surface area (Å²) in [5, 5.41) is 2.74. The number of amides is 1. The number of carbonyl (C=O) groups excluding carboxylic acids is 1. The maximum atomic E-state index is 11.3. The zero-order valence-corrected chi connectivity index (χ0v) is 7.00. The van der Waals surface area contributed by atoms with Crippen molar-refractivity contribution < 1.29 is 4.79 Å². The van der Waals surface area contributed by atoms with Crippen LogP contribution in [-0.2, 0) is 0 Å². The van der Waals surface area contributed by atoms with E-state index in [2.05, 4.69) is 10.3 Å². The zero-order valence-electron chi connectivity index (χ0n) is 7.00. The Bertz CT molecular complexity index is 243. The minimum Gasteiger partial charge on any atom is -0.357 e. The Kier molecular flexibility index (Phi) is 2.88. The molecule has 66 valence electrons. The van der Waals surface area contributed by atoms with E-state index in [0.29, 0.717) is 12.2 Å². The third-order valence-electron chi connectivity index (χ3n) is 1.57. The number of carbonyl (C=O) groups is 1. The van der Waals surface area contributed by atoms with Crippen LogP contribution in [0.3, 0.4) is 0 Å². The van der Waals surface area contributed by atoms with Gasteiger partial charge in [-0.05, 0) is 19.1 Å². The van der Waals surface area contributed by atoms with Gasteiger partial charge in [0, 0.05) is 18.8 Å². The van der Waals surface area contributed by atoms with Gasteiger partial charge in [-0.25, -0.2) is 0 Å². The molecular weight excluding hydrogens is 154 g/mol. The molecule has 1 amide bonds. The maximum absolute atomic E-state index is 11.3. The Labute approximate surface area is 71.2 Å². The first-order valence-electron chi connectivity index (χ1n) is 3.88. The Balaban J connectivity index is 2.50. The van der Waals surface area contributed by atoms with E-state index in [4.69, 9.17) is 5.73 Å². The molecule has 1 aromatic heterocycles. The van der Waals surface area contributed by atoms with Gasteiger partial charge >= 0.3 is 0 Å². The lowest BCUT2D eigenvalue weighted by atomic mass is 10.3. The summed E-state index contributed by atoms with van der Waals surface area (Å²) in [5.41, 5.74) is 5.91. The van der Waals surface area contributed by atoms with Gasteiger partial charge in [0.25, 0.3) is 5.91 Å². The second-order valence-corrected chi connectivity index (χ2v) is 2.69. The van der Waals surface area contributed by atoms with E-state index in [-0.39, 0.29) is 11.9 Å². The molecule has 1 unspecified atom stereocenters. The highest BCUT2D eigenvalue weighted by Crippen LogP contribution is 1.94. The molecule has 0 aliphatic rings. The standard InChI is InChI=1S/C8H13N3O/c1-6(5-9)11-8(12)7-3-2-4-10-7/h2-4,6,10H,5,9H2,1H3,(H,11,12). The first kappa shape index (κ1) is 8.80. The van der Waals surface area contributed by atoms with Gasteiger partial charge in [-0.1, -0.05) is 0 Å². The Morgan fingerprint density at radius 1 is 1.83 bits per heavy atom. The van der Waals surface area contributed by atoms with Crippen LogP contribution >= 0.6 is 0 Å². The molecule has 1 atom stereocenters. The van der Waals surface area contributed by atoms with Crippen LogP contribution in [0.4, 0.5) is 0 Å². The zero-order chi connectivity index (χ0) is 8.97. The van der Waals surface area contributed by atoms with Gasteiger partial charge in [-0.3, -0.25) is 4.79 Å². The second kappa shape index (κ2) is 3.92. The minimum absolute atomic E-state index is 0.0146. The predicted molar refractivity (Wildman–Crippen MR) is 46.8 cm³/mol. The minimum atomic E-state index is -0.113. The molecule has 4 N–H and O–H groups in total. The smallest absolute Gasteiger partial charge is 0.267 e. The van der Waals surface area contributed by atoms with Crippen LogP contribution in [0.1, 0.15) is 17.4 Å².